The number of benzene rings is 3. The Labute approximate surface area is 241 Å². The van der Waals surface area contributed by atoms with Crippen molar-refractivity contribution in [2.75, 3.05) is 17.2 Å². The third kappa shape index (κ3) is 6.08. The van der Waals surface area contributed by atoms with E-state index < -0.39 is 0 Å². The number of carbonyl (C=O) groups excluding carboxylic acids is 2. The lowest BCUT2D eigenvalue weighted by Crippen LogP contribution is -2.15. The smallest absolute Gasteiger partial charge is 0.268 e. The number of carbonyl (C=O) groups is 2. The number of Topliss-reactive ketones (excluding diaryl/α,β-unsaturated/α-hetero) is 1. The van der Waals surface area contributed by atoms with Crippen molar-refractivity contribution in [3.05, 3.63) is 132 Å². The van der Waals surface area contributed by atoms with Crippen molar-refractivity contribution in [2.45, 2.75) is 13.0 Å². The molecule has 0 atom stereocenters. The maximum absolute atomic E-state index is 13.3. The van der Waals surface area contributed by atoms with Crippen molar-refractivity contribution in [3.8, 4) is 10.4 Å². The molecule has 7 nitrogen and oxygen atoms in total. The average Bonchev–Trinajstić information content (AvgIpc) is 3.65. The number of nitrogens with zero attached hydrogens (tertiary/aromatic N) is 3. The van der Waals surface area contributed by atoms with Crippen molar-refractivity contribution in [1.29, 1.82) is 0 Å². The van der Waals surface area contributed by atoms with Crippen molar-refractivity contribution in [1.82, 2.24) is 14.5 Å². The van der Waals surface area contributed by atoms with Crippen LogP contribution in [0.2, 0.25) is 0 Å². The minimum Gasteiger partial charge on any atom is -0.378 e. The summed E-state index contributed by atoms with van der Waals surface area (Å²) in [4.78, 5) is 36.4. The normalized spacial score (nSPS) is 10.9. The molecule has 6 rings (SSSR count). The molecule has 0 saturated heterocycles. The Morgan fingerprint density at radius 1 is 0.854 bits per heavy atom. The van der Waals surface area contributed by atoms with E-state index in [1.807, 2.05) is 95.6 Å². The standard InChI is InChI=1S/C33H27N5O2S/c39-29(24-10-5-2-6-11-24)22-35-26-13-14-28-27(20-26)36-33(38(28)19-17-23-8-3-1-4-9-23)37-32(40)31-16-15-30(41-31)25-12-7-18-34-21-25/h1-16,18,20-21,35H,17,19,22H2,(H,36,37,40). The molecule has 0 saturated carbocycles. The molecule has 0 aliphatic heterocycles. The summed E-state index contributed by atoms with van der Waals surface area (Å²) in [5.74, 6) is 0.275. The Hall–Kier alpha value is -5.08. The van der Waals surface area contributed by atoms with Crippen molar-refractivity contribution in [3.63, 3.8) is 0 Å². The lowest BCUT2D eigenvalue weighted by molar-refractivity contribution is 0.100. The predicted molar refractivity (Wildman–Crippen MR) is 165 cm³/mol. The molecule has 8 heteroatoms. The molecule has 0 aliphatic carbocycles. The molecule has 0 spiro atoms. The first-order valence-electron chi connectivity index (χ1n) is 13.3. The van der Waals surface area contributed by atoms with Gasteiger partial charge in [0.2, 0.25) is 5.95 Å². The predicted octanol–water partition coefficient (Wildman–Crippen LogP) is 6.95. The van der Waals surface area contributed by atoms with Gasteiger partial charge in [-0.3, -0.25) is 19.9 Å². The summed E-state index contributed by atoms with van der Waals surface area (Å²) in [6.07, 6.45) is 4.30. The molecule has 3 aromatic carbocycles. The zero-order valence-corrected chi connectivity index (χ0v) is 23.0. The van der Waals surface area contributed by atoms with E-state index in [9.17, 15) is 9.59 Å². The number of hydrogen-bond donors (Lipinski definition) is 2. The summed E-state index contributed by atoms with van der Waals surface area (Å²) in [5, 5.41) is 6.26. The number of nitrogens with one attached hydrogen (secondary N) is 2. The molecule has 1 amide bonds. The van der Waals surface area contributed by atoms with Gasteiger partial charge >= 0.3 is 0 Å². The number of anilines is 2. The van der Waals surface area contributed by atoms with E-state index in [0.717, 1.165) is 33.6 Å². The number of hydrogen-bond acceptors (Lipinski definition) is 6. The van der Waals surface area contributed by atoms with Gasteiger partial charge in [-0.2, -0.15) is 0 Å². The molecule has 3 heterocycles. The van der Waals surface area contributed by atoms with E-state index in [-0.39, 0.29) is 18.2 Å². The number of aryl methyl sites for hydroxylation is 2. The van der Waals surface area contributed by atoms with Crippen LogP contribution in [0.4, 0.5) is 11.6 Å². The van der Waals surface area contributed by atoms with Gasteiger partial charge in [0.25, 0.3) is 5.91 Å². The zero-order valence-electron chi connectivity index (χ0n) is 22.2. The van der Waals surface area contributed by atoms with Crippen LogP contribution in [0.3, 0.4) is 0 Å². The summed E-state index contributed by atoms with van der Waals surface area (Å²) >= 11 is 1.42. The van der Waals surface area contributed by atoms with Crippen LogP contribution in [-0.4, -0.2) is 32.8 Å². The maximum atomic E-state index is 13.3. The number of fused-ring (bicyclic) bond motifs is 1. The highest BCUT2D eigenvalue weighted by Crippen LogP contribution is 2.29. The highest BCUT2D eigenvalue weighted by Gasteiger charge is 2.17. The Bertz CT molecular complexity index is 1800. The van der Waals surface area contributed by atoms with E-state index in [1.165, 1.54) is 16.9 Å². The molecule has 2 N–H and O–H groups in total. The highest BCUT2D eigenvalue weighted by atomic mass is 32.1. The van der Waals surface area contributed by atoms with Crippen LogP contribution >= 0.6 is 11.3 Å². The van der Waals surface area contributed by atoms with Gasteiger partial charge in [0, 0.05) is 40.6 Å². The number of amides is 1. The van der Waals surface area contributed by atoms with Crippen LogP contribution in [0.5, 0.6) is 0 Å². The summed E-state index contributed by atoms with van der Waals surface area (Å²) < 4.78 is 2.04. The van der Waals surface area contributed by atoms with Gasteiger partial charge in [-0.05, 0) is 48.4 Å². The first kappa shape index (κ1) is 26.2. The second-order valence-corrected chi connectivity index (χ2v) is 10.6. The van der Waals surface area contributed by atoms with Gasteiger partial charge < -0.3 is 9.88 Å². The van der Waals surface area contributed by atoms with Gasteiger partial charge in [0.05, 0.1) is 22.5 Å². The third-order valence-electron chi connectivity index (χ3n) is 6.77. The summed E-state index contributed by atoms with van der Waals surface area (Å²) in [5.41, 5.74) is 5.25. The van der Waals surface area contributed by atoms with E-state index in [0.29, 0.717) is 22.9 Å². The topological polar surface area (TPSA) is 88.9 Å². The Balaban J connectivity index is 1.25. The number of imidazole rings is 1. The highest BCUT2D eigenvalue weighted by molar-refractivity contribution is 7.17. The quantitative estimate of drug-likeness (QED) is 0.178. The van der Waals surface area contributed by atoms with Crippen LogP contribution < -0.4 is 10.6 Å². The molecular weight excluding hydrogens is 530 g/mol. The lowest BCUT2D eigenvalue weighted by Gasteiger charge is -2.10. The SMILES string of the molecule is O=C(CNc1ccc2c(c1)nc(NC(=O)c1ccc(-c3cccnc3)s1)n2CCc1ccccc1)c1ccccc1. The molecule has 202 valence electrons. The Morgan fingerprint density at radius 2 is 1.66 bits per heavy atom. The fourth-order valence-corrected chi connectivity index (χ4v) is 5.53. The first-order valence-corrected chi connectivity index (χ1v) is 14.1. The van der Waals surface area contributed by atoms with Gasteiger partial charge in [0.1, 0.15) is 0 Å². The molecule has 0 unspecified atom stereocenters. The number of thiophene rings is 1. The van der Waals surface area contributed by atoms with Crippen LogP contribution in [0.1, 0.15) is 25.6 Å². The Kier molecular flexibility index (Phi) is 7.64. The summed E-state index contributed by atoms with van der Waals surface area (Å²) in [6, 6.07) is 32.9. The van der Waals surface area contributed by atoms with Crippen molar-refractivity contribution in [2.24, 2.45) is 0 Å². The maximum Gasteiger partial charge on any atom is 0.268 e. The number of aromatic nitrogens is 3. The number of ketones is 1. The fraction of sp³-hybridized carbons (Fsp3) is 0.0909. The van der Waals surface area contributed by atoms with E-state index >= 15 is 0 Å². The van der Waals surface area contributed by atoms with Crippen LogP contribution in [0.25, 0.3) is 21.5 Å². The number of rotatable bonds is 10. The molecule has 41 heavy (non-hydrogen) atoms. The van der Waals surface area contributed by atoms with E-state index in [2.05, 4.69) is 27.8 Å². The zero-order chi connectivity index (χ0) is 28.0. The Morgan fingerprint density at radius 3 is 2.44 bits per heavy atom. The van der Waals surface area contributed by atoms with E-state index in [1.54, 1.807) is 12.4 Å². The van der Waals surface area contributed by atoms with Gasteiger partial charge in [-0.25, -0.2) is 4.98 Å². The van der Waals surface area contributed by atoms with Gasteiger partial charge in [-0.15, -0.1) is 11.3 Å². The van der Waals surface area contributed by atoms with Gasteiger partial charge in [0.15, 0.2) is 5.78 Å². The molecule has 3 aromatic heterocycles. The van der Waals surface area contributed by atoms with Crippen molar-refractivity contribution >= 4 is 45.7 Å². The summed E-state index contributed by atoms with van der Waals surface area (Å²) in [6.45, 7) is 0.812. The second kappa shape index (κ2) is 12.0. The number of pyridine rings is 1. The molecule has 0 fully saturated rings. The minimum atomic E-state index is -0.215. The van der Waals surface area contributed by atoms with Crippen molar-refractivity contribution < 1.29 is 9.59 Å². The molecular formula is C33H27N5O2S. The van der Waals surface area contributed by atoms with Crippen LogP contribution in [0.15, 0.2) is 116 Å². The summed E-state index contributed by atoms with van der Waals surface area (Å²) in [7, 11) is 0. The largest absolute Gasteiger partial charge is 0.378 e. The monoisotopic (exact) mass is 557 g/mol. The molecule has 0 bridgehead atoms. The second-order valence-electron chi connectivity index (χ2n) is 9.53. The molecule has 0 aliphatic rings. The minimum absolute atomic E-state index is 0.00800. The molecule has 6 aromatic rings. The van der Waals surface area contributed by atoms with E-state index in [4.69, 9.17) is 4.98 Å². The van der Waals surface area contributed by atoms with Gasteiger partial charge in [-0.1, -0.05) is 66.7 Å². The lowest BCUT2D eigenvalue weighted by atomic mass is 10.1. The molecule has 0 radical (unpaired) electrons. The fourth-order valence-electron chi connectivity index (χ4n) is 4.64. The van der Waals surface area contributed by atoms with Crippen LogP contribution in [-0.2, 0) is 13.0 Å². The average molecular weight is 558 g/mol. The van der Waals surface area contributed by atoms with Crippen LogP contribution in [0, 0.1) is 0 Å². The third-order valence-corrected chi connectivity index (χ3v) is 7.90. The first-order chi connectivity index (χ1) is 20.1.